The van der Waals surface area contributed by atoms with E-state index in [-0.39, 0.29) is 5.41 Å². The molecule has 1 N–H and O–H groups in total. The fourth-order valence-corrected chi connectivity index (χ4v) is 2.18. The van der Waals surface area contributed by atoms with Crippen molar-refractivity contribution < 1.29 is 0 Å². The van der Waals surface area contributed by atoms with Crippen molar-refractivity contribution in [2.75, 3.05) is 6.54 Å². The normalized spacial score (nSPS) is 13.9. The minimum absolute atomic E-state index is 0.252. The van der Waals surface area contributed by atoms with Crippen molar-refractivity contribution >= 4 is 0 Å². The fourth-order valence-electron chi connectivity index (χ4n) is 2.18. The zero-order chi connectivity index (χ0) is 12.9. The first-order chi connectivity index (χ1) is 8.06. The van der Waals surface area contributed by atoms with Crippen LogP contribution in [0.3, 0.4) is 0 Å². The Morgan fingerprint density at radius 1 is 1.35 bits per heavy atom. The molecule has 3 nitrogen and oxygen atoms in total. The fraction of sp³-hybridized carbons (Fsp3) is 0.786. The molecule has 0 fully saturated rings. The summed E-state index contributed by atoms with van der Waals surface area (Å²) in [5, 5.41) is 8.05. The Balaban J connectivity index is 3.00. The standard InChI is InChI=1S/C14H27N3/c1-6-11-17-12(9-10-16-17)13(15-8-3)14(4,5)7-2/h9-10,13,15H,6-8,11H2,1-5H3. The van der Waals surface area contributed by atoms with Gasteiger partial charge < -0.3 is 5.32 Å². The highest BCUT2D eigenvalue weighted by molar-refractivity contribution is 5.11. The van der Waals surface area contributed by atoms with Crippen LogP contribution < -0.4 is 5.32 Å². The number of hydrogen-bond acceptors (Lipinski definition) is 2. The van der Waals surface area contributed by atoms with E-state index in [4.69, 9.17) is 0 Å². The summed E-state index contributed by atoms with van der Waals surface area (Å²) in [5.41, 5.74) is 1.57. The molecule has 0 aliphatic rings. The Kier molecular flexibility index (Phi) is 5.19. The highest BCUT2D eigenvalue weighted by Gasteiger charge is 2.30. The number of nitrogens with zero attached hydrogens (tertiary/aromatic N) is 2. The van der Waals surface area contributed by atoms with Crippen LogP contribution in [-0.2, 0) is 6.54 Å². The first-order valence-corrected chi connectivity index (χ1v) is 6.81. The molecule has 1 rings (SSSR count). The van der Waals surface area contributed by atoms with Gasteiger partial charge in [-0.15, -0.1) is 0 Å². The van der Waals surface area contributed by atoms with Crippen molar-refractivity contribution in [3.63, 3.8) is 0 Å². The monoisotopic (exact) mass is 237 g/mol. The predicted molar refractivity (Wildman–Crippen MR) is 73.0 cm³/mol. The van der Waals surface area contributed by atoms with Gasteiger partial charge >= 0.3 is 0 Å². The molecule has 0 aliphatic carbocycles. The molecule has 0 amide bonds. The Hall–Kier alpha value is -0.830. The maximum atomic E-state index is 4.43. The van der Waals surface area contributed by atoms with E-state index in [9.17, 15) is 0 Å². The van der Waals surface area contributed by atoms with Crippen molar-refractivity contribution in [3.05, 3.63) is 18.0 Å². The zero-order valence-corrected chi connectivity index (χ0v) is 12.0. The van der Waals surface area contributed by atoms with E-state index < -0.39 is 0 Å². The lowest BCUT2D eigenvalue weighted by molar-refractivity contribution is 0.225. The van der Waals surface area contributed by atoms with Crippen LogP contribution in [-0.4, -0.2) is 16.3 Å². The number of hydrogen-bond donors (Lipinski definition) is 1. The van der Waals surface area contributed by atoms with Crippen LogP contribution in [0.1, 0.15) is 59.2 Å². The lowest BCUT2D eigenvalue weighted by atomic mass is 9.80. The molecule has 0 bridgehead atoms. The number of rotatable bonds is 7. The Morgan fingerprint density at radius 2 is 2.06 bits per heavy atom. The van der Waals surface area contributed by atoms with Gasteiger partial charge in [-0.25, -0.2) is 0 Å². The molecule has 0 aromatic carbocycles. The largest absolute Gasteiger partial charge is 0.308 e. The summed E-state index contributed by atoms with van der Waals surface area (Å²) in [4.78, 5) is 0. The molecule has 0 radical (unpaired) electrons. The zero-order valence-electron chi connectivity index (χ0n) is 12.0. The van der Waals surface area contributed by atoms with E-state index in [0.717, 1.165) is 25.9 Å². The first kappa shape index (κ1) is 14.2. The highest BCUT2D eigenvalue weighted by atomic mass is 15.3. The Bertz CT molecular complexity index is 328. The third kappa shape index (κ3) is 3.32. The van der Waals surface area contributed by atoms with Gasteiger partial charge in [-0.2, -0.15) is 5.10 Å². The van der Waals surface area contributed by atoms with Crippen LogP contribution in [0.2, 0.25) is 0 Å². The molecular weight excluding hydrogens is 210 g/mol. The van der Waals surface area contributed by atoms with E-state index in [1.807, 2.05) is 6.20 Å². The molecule has 0 aliphatic heterocycles. The average molecular weight is 237 g/mol. The topological polar surface area (TPSA) is 29.9 Å². The summed E-state index contributed by atoms with van der Waals surface area (Å²) in [5.74, 6) is 0. The average Bonchev–Trinajstić information content (AvgIpc) is 2.74. The highest BCUT2D eigenvalue weighted by Crippen LogP contribution is 2.36. The number of nitrogens with one attached hydrogen (secondary N) is 1. The lowest BCUT2D eigenvalue weighted by Gasteiger charge is -2.34. The van der Waals surface area contributed by atoms with Crippen molar-refractivity contribution in [2.45, 2.75) is 60.0 Å². The molecule has 3 heteroatoms. The summed E-state index contributed by atoms with van der Waals surface area (Å²) in [6.45, 7) is 13.3. The molecule has 1 aromatic rings. The van der Waals surface area contributed by atoms with Crippen LogP contribution in [0.4, 0.5) is 0 Å². The summed E-state index contributed by atoms with van der Waals surface area (Å²) in [6, 6.07) is 2.53. The second kappa shape index (κ2) is 6.20. The molecule has 0 spiro atoms. The quantitative estimate of drug-likeness (QED) is 0.788. The van der Waals surface area contributed by atoms with Crippen molar-refractivity contribution in [1.82, 2.24) is 15.1 Å². The van der Waals surface area contributed by atoms with Crippen LogP contribution in [0.5, 0.6) is 0 Å². The van der Waals surface area contributed by atoms with Crippen LogP contribution >= 0.6 is 0 Å². The minimum Gasteiger partial charge on any atom is -0.308 e. The van der Waals surface area contributed by atoms with E-state index in [0.29, 0.717) is 6.04 Å². The number of aryl methyl sites for hydroxylation is 1. The van der Waals surface area contributed by atoms with Crippen molar-refractivity contribution in [1.29, 1.82) is 0 Å². The summed E-state index contributed by atoms with van der Waals surface area (Å²) in [6.07, 6.45) is 4.20. The van der Waals surface area contributed by atoms with Crippen LogP contribution in [0.25, 0.3) is 0 Å². The third-order valence-electron chi connectivity index (χ3n) is 3.58. The summed E-state index contributed by atoms with van der Waals surface area (Å²) in [7, 11) is 0. The molecule has 1 heterocycles. The Labute approximate surface area is 106 Å². The van der Waals surface area contributed by atoms with Gasteiger partial charge in [0.15, 0.2) is 0 Å². The SMILES string of the molecule is CCCn1nccc1C(NCC)C(C)(C)CC. The second-order valence-electron chi connectivity index (χ2n) is 5.31. The van der Waals surface area contributed by atoms with Gasteiger partial charge in [-0.3, -0.25) is 4.68 Å². The van der Waals surface area contributed by atoms with E-state index >= 15 is 0 Å². The second-order valence-corrected chi connectivity index (χ2v) is 5.31. The van der Waals surface area contributed by atoms with Crippen LogP contribution in [0, 0.1) is 5.41 Å². The molecule has 0 saturated heterocycles. The number of aromatic nitrogens is 2. The van der Waals surface area contributed by atoms with Gasteiger partial charge in [0.25, 0.3) is 0 Å². The van der Waals surface area contributed by atoms with Crippen molar-refractivity contribution in [2.24, 2.45) is 5.41 Å². The van der Waals surface area contributed by atoms with E-state index in [1.54, 1.807) is 0 Å². The van der Waals surface area contributed by atoms with Gasteiger partial charge in [0, 0.05) is 12.7 Å². The minimum atomic E-state index is 0.252. The molecular formula is C14H27N3. The van der Waals surface area contributed by atoms with Crippen LogP contribution in [0.15, 0.2) is 12.3 Å². The maximum Gasteiger partial charge on any atom is 0.0559 e. The molecule has 1 aromatic heterocycles. The molecule has 98 valence electrons. The maximum absolute atomic E-state index is 4.43. The molecule has 17 heavy (non-hydrogen) atoms. The van der Waals surface area contributed by atoms with Gasteiger partial charge in [0.2, 0.25) is 0 Å². The Morgan fingerprint density at radius 3 is 2.59 bits per heavy atom. The summed E-state index contributed by atoms with van der Waals surface area (Å²) >= 11 is 0. The first-order valence-electron chi connectivity index (χ1n) is 6.81. The van der Waals surface area contributed by atoms with Gasteiger partial charge in [0.1, 0.15) is 0 Å². The van der Waals surface area contributed by atoms with Gasteiger partial charge in [-0.05, 0) is 30.9 Å². The smallest absolute Gasteiger partial charge is 0.0559 e. The van der Waals surface area contributed by atoms with E-state index in [1.165, 1.54) is 5.69 Å². The van der Waals surface area contributed by atoms with Gasteiger partial charge in [0.05, 0.1) is 11.7 Å². The predicted octanol–water partition coefficient (Wildman–Crippen LogP) is 3.38. The van der Waals surface area contributed by atoms with E-state index in [2.05, 4.69) is 55.8 Å². The third-order valence-corrected chi connectivity index (χ3v) is 3.58. The van der Waals surface area contributed by atoms with Crippen molar-refractivity contribution in [3.8, 4) is 0 Å². The molecule has 0 saturated carbocycles. The van der Waals surface area contributed by atoms with Gasteiger partial charge in [-0.1, -0.05) is 34.6 Å². The lowest BCUT2D eigenvalue weighted by Crippen LogP contribution is -2.35. The molecule has 1 unspecified atom stereocenters. The summed E-state index contributed by atoms with van der Waals surface area (Å²) < 4.78 is 2.14. The molecule has 1 atom stereocenters.